The van der Waals surface area contributed by atoms with Gasteiger partial charge in [-0.2, -0.15) is 13.2 Å². The van der Waals surface area contributed by atoms with Crippen molar-refractivity contribution in [3.63, 3.8) is 0 Å². The second kappa shape index (κ2) is 5.79. The van der Waals surface area contributed by atoms with Crippen LogP contribution >= 0.6 is 11.6 Å². The molecule has 0 aliphatic carbocycles. The van der Waals surface area contributed by atoms with Gasteiger partial charge in [0.1, 0.15) is 0 Å². The Bertz CT molecular complexity index is 485. The minimum atomic E-state index is -5.28. The quantitative estimate of drug-likeness (QED) is 0.672. The van der Waals surface area contributed by atoms with Crippen molar-refractivity contribution in [2.24, 2.45) is 0 Å². The van der Waals surface area contributed by atoms with Gasteiger partial charge in [0.05, 0.1) is 4.90 Å². The van der Waals surface area contributed by atoms with Crippen LogP contribution in [0.25, 0.3) is 0 Å². The second-order valence-electron chi connectivity index (χ2n) is 3.44. The van der Waals surface area contributed by atoms with E-state index in [9.17, 15) is 21.6 Å². The summed E-state index contributed by atoms with van der Waals surface area (Å²) in [6.07, 6.45) is 0.699. The van der Waals surface area contributed by atoms with Crippen LogP contribution in [0.2, 0.25) is 0 Å². The van der Waals surface area contributed by atoms with Crippen molar-refractivity contribution in [2.75, 3.05) is 17.7 Å². The third-order valence-electron chi connectivity index (χ3n) is 2.11. The number of sulfone groups is 1. The monoisotopic (exact) mass is 301 g/mol. The van der Waals surface area contributed by atoms with Gasteiger partial charge in [0.2, 0.25) is 0 Å². The topological polar surface area (TPSA) is 46.2 Å². The van der Waals surface area contributed by atoms with Crippen molar-refractivity contribution in [1.29, 1.82) is 0 Å². The molecule has 0 aliphatic heterocycles. The van der Waals surface area contributed by atoms with Crippen molar-refractivity contribution in [3.8, 4) is 0 Å². The van der Waals surface area contributed by atoms with E-state index in [1.807, 2.05) is 0 Å². The number of benzene rings is 1. The van der Waals surface area contributed by atoms with E-state index < -0.39 is 20.2 Å². The fourth-order valence-electron chi connectivity index (χ4n) is 1.19. The van der Waals surface area contributed by atoms with Gasteiger partial charge in [0.15, 0.2) is 0 Å². The molecule has 0 saturated carbocycles. The summed E-state index contributed by atoms with van der Waals surface area (Å²) in [4.78, 5) is -0.766. The first-order valence-corrected chi connectivity index (χ1v) is 7.02. The first-order chi connectivity index (χ1) is 8.29. The molecule has 102 valence electrons. The minimum Gasteiger partial charge on any atom is -0.385 e. The van der Waals surface area contributed by atoms with Crippen molar-refractivity contribution < 1.29 is 21.6 Å². The maximum Gasteiger partial charge on any atom is 0.501 e. The SMILES string of the molecule is O=S(=O)(c1ccc(NCCCCl)cc1)C(F)(F)F. The Morgan fingerprint density at radius 3 is 2.17 bits per heavy atom. The lowest BCUT2D eigenvalue weighted by molar-refractivity contribution is -0.0436. The maximum absolute atomic E-state index is 12.2. The summed E-state index contributed by atoms with van der Waals surface area (Å²) >= 11 is 5.46. The molecule has 0 atom stereocenters. The molecule has 8 heteroatoms. The Morgan fingerprint density at radius 2 is 1.72 bits per heavy atom. The van der Waals surface area contributed by atoms with Crippen molar-refractivity contribution in [3.05, 3.63) is 24.3 Å². The van der Waals surface area contributed by atoms with E-state index in [1.54, 1.807) is 0 Å². The molecule has 1 N–H and O–H groups in total. The molecule has 0 aromatic heterocycles. The van der Waals surface area contributed by atoms with Crippen molar-refractivity contribution >= 4 is 27.1 Å². The van der Waals surface area contributed by atoms with E-state index in [-0.39, 0.29) is 0 Å². The Morgan fingerprint density at radius 1 is 1.17 bits per heavy atom. The summed E-state index contributed by atoms with van der Waals surface area (Å²) in [6, 6.07) is 4.41. The molecule has 0 aliphatic rings. The molecule has 1 aromatic carbocycles. The summed E-state index contributed by atoms with van der Waals surface area (Å²) in [5.74, 6) is 0.466. The maximum atomic E-state index is 12.2. The average molecular weight is 302 g/mol. The molecule has 1 rings (SSSR count). The zero-order chi connectivity index (χ0) is 13.8. The molecular weight excluding hydrogens is 291 g/mol. The summed E-state index contributed by atoms with van der Waals surface area (Å²) in [7, 11) is -5.27. The van der Waals surface area contributed by atoms with Crippen molar-refractivity contribution in [2.45, 2.75) is 16.8 Å². The molecular formula is C10H11ClF3NO2S. The predicted molar refractivity (Wildman–Crippen MR) is 63.5 cm³/mol. The number of halogens is 4. The van der Waals surface area contributed by atoms with Crippen LogP contribution in [0, 0.1) is 0 Å². The van der Waals surface area contributed by atoms with Crippen LogP contribution < -0.4 is 5.32 Å². The zero-order valence-electron chi connectivity index (χ0n) is 9.17. The molecule has 1 aromatic rings. The van der Waals surface area contributed by atoms with Crippen LogP contribution in [0.5, 0.6) is 0 Å². The van der Waals surface area contributed by atoms with Gasteiger partial charge in [-0.1, -0.05) is 0 Å². The van der Waals surface area contributed by atoms with E-state index in [0.717, 1.165) is 12.1 Å². The Balaban J connectivity index is 2.84. The third-order valence-corrected chi connectivity index (χ3v) is 3.88. The van der Waals surface area contributed by atoms with Crippen LogP contribution in [0.3, 0.4) is 0 Å². The van der Waals surface area contributed by atoms with E-state index in [2.05, 4.69) is 5.32 Å². The molecule has 0 saturated heterocycles. The molecule has 0 amide bonds. The molecule has 0 bridgehead atoms. The third kappa shape index (κ3) is 3.52. The van der Waals surface area contributed by atoms with E-state index in [0.29, 0.717) is 24.5 Å². The van der Waals surface area contributed by atoms with Crippen molar-refractivity contribution in [1.82, 2.24) is 0 Å². The number of hydrogen-bond acceptors (Lipinski definition) is 3. The molecule has 0 unspecified atom stereocenters. The molecule has 3 nitrogen and oxygen atoms in total. The van der Waals surface area contributed by atoms with Crippen LogP contribution in [0.15, 0.2) is 29.2 Å². The highest BCUT2D eigenvalue weighted by Crippen LogP contribution is 2.30. The zero-order valence-corrected chi connectivity index (χ0v) is 10.7. The summed E-state index contributed by atoms with van der Waals surface area (Å²) < 4.78 is 58.9. The summed E-state index contributed by atoms with van der Waals surface area (Å²) in [5, 5.41) is 2.90. The highest BCUT2D eigenvalue weighted by molar-refractivity contribution is 7.92. The number of nitrogens with one attached hydrogen (secondary N) is 1. The first kappa shape index (κ1) is 15.1. The smallest absolute Gasteiger partial charge is 0.385 e. The van der Waals surface area contributed by atoms with E-state index in [4.69, 9.17) is 11.6 Å². The fourth-order valence-corrected chi connectivity index (χ4v) is 2.08. The normalized spacial score (nSPS) is 12.4. The van der Waals surface area contributed by atoms with E-state index >= 15 is 0 Å². The number of alkyl halides is 4. The standard InChI is InChI=1S/C10H11ClF3NO2S/c11-6-1-7-15-8-2-4-9(5-3-8)18(16,17)10(12,13)14/h2-5,15H,1,6-7H2. The highest BCUT2D eigenvalue weighted by atomic mass is 35.5. The second-order valence-corrected chi connectivity index (χ2v) is 5.76. The van der Waals surface area contributed by atoms with Crippen LogP contribution in [-0.4, -0.2) is 26.4 Å². The van der Waals surface area contributed by atoms with Gasteiger partial charge in [0, 0.05) is 18.1 Å². The van der Waals surface area contributed by atoms with Crippen LogP contribution in [-0.2, 0) is 9.84 Å². The Kier molecular flexibility index (Phi) is 4.86. The lowest BCUT2D eigenvalue weighted by atomic mass is 10.3. The highest BCUT2D eigenvalue weighted by Gasteiger charge is 2.46. The largest absolute Gasteiger partial charge is 0.501 e. The fraction of sp³-hybridized carbons (Fsp3) is 0.400. The average Bonchev–Trinajstić information content (AvgIpc) is 2.28. The summed E-state index contributed by atoms with van der Waals surface area (Å²) in [5.41, 5.74) is -4.73. The van der Waals surface area contributed by atoms with Gasteiger partial charge in [-0.15, -0.1) is 11.6 Å². The molecule has 18 heavy (non-hydrogen) atoms. The molecule has 0 radical (unpaired) electrons. The van der Waals surface area contributed by atoms with Gasteiger partial charge < -0.3 is 5.32 Å². The van der Waals surface area contributed by atoms with Gasteiger partial charge in [-0.3, -0.25) is 0 Å². The van der Waals surface area contributed by atoms with Crippen LogP contribution in [0.1, 0.15) is 6.42 Å². The van der Waals surface area contributed by atoms with Gasteiger partial charge in [0.25, 0.3) is 9.84 Å². The number of anilines is 1. The van der Waals surface area contributed by atoms with Crippen LogP contribution in [0.4, 0.5) is 18.9 Å². The molecule has 0 spiro atoms. The van der Waals surface area contributed by atoms with E-state index in [1.165, 1.54) is 12.1 Å². The number of hydrogen-bond donors (Lipinski definition) is 1. The van der Waals surface area contributed by atoms with Gasteiger partial charge in [-0.05, 0) is 30.7 Å². The molecule has 0 fully saturated rings. The Hall–Kier alpha value is -0.950. The van der Waals surface area contributed by atoms with Gasteiger partial charge >= 0.3 is 5.51 Å². The Labute approximate surface area is 108 Å². The summed E-state index contributed by atoms with van der Waals surface area (Å²) in [6.45, 7) is 0.564. The minimum absolute atomic E-state index is 0.466. The number of rotatable bonds is 5. The molecule has 0 heterocycles. The lowest BCUT2D eigenvalue weighted by Gasteiger charge is -2.09. The lowest BCUT2D eigenvalue weighted by Crippen LogP contribution is -2.23. The first-order valence-electron chi connectivity index (χ1n) is 5.00. The predicted octanol–water partition coefficient (Wildman–Crippen LogP) is 3.02. The van der Waals surface area contributed by atoms with Gasteiger partial charge in [-0.25, -0.2) is 8.42 Å².